The van der Waals surface area contributed by atoms with Gasteiger partial charge in [0.25, 0.3) is 0 Å². The van der Waals surface area contributed by atoms with Crippen molar-refractivity contribution in [3.63, 3.8) is 0 Å². The highest BCUT2D eigenvalue weighted by molar-refractivity contribution is 6.03. The second-order valence-corrected chi connectivity index (χ2v) is 17.6. The minimum atomic E-state index is -0.351. The summed E-state index contributed by atoms with van der Waals surface area (Å²) in [5.74, 6) is 0. The zero-order valence-electron chi connectivity index (χ0n) is 34.2. The van der Waals surface area contributed by atoms with Crippen molar-refractivity contribution < 1.29 is 0 Å². The molecule has 0 saturated carbocycles. The van der Waals surface area contributed by atoms with Gasteiger partial charge in [-0.1, -0.05) is 184 Å². The van der Waals surface area contributed by atoms with Crippen LogP contribution in [0.4, 0.5) is 17.1 Å². The summed E-state index contributed by atoms with van der Waals surface area (Å²) < 4.78 is 0. The first kappa shape index (κ1) is 34.4. The molecule has 1 spiro atoms. The van der Waals surface area contributed by atoms with E-state index in [1.807, 2.05) is 0 Å². The van der Waals surface area contributed by atoms with Crippen LogP contribution in [0.5, 0.6) is 0 Å². The van der Waals surface area contributed by atoms with Gasteiger partial charge in [-0.3, -0.25) is 0 Å². The van der Waals surface area contributed by atoms with Crippen LogP contribution in [0.1, 0.15) is 47.2 Å². The molecule has 1 heteroatoms. The highest BCUT2D eigenvalue weighted by atomic mass is 15.1. The van der Waals surface area contributed by atoms with Gasteiger partial charge in [-0.15, -0.1) is 0 Å². The monoisotopic (exact) mass is 775 g/mol. The maximum absolute atomic E-state index is 2.47. The van der Waals surface area contributed by atoms with Crippen LogP contribution >= 0.6 is 0 Å². The molecule has 286 valence electrons. The Kier molecular flexibility index (Phi) is 7.06. The number of anilines is 3. The predicted octanol–water partition coefficient (Wildman–Crippen LogP) is 15.8. The molecule has 10 aromatic carbocycles. The fourth-order valence-electron chi connectivity index (χ4n) is 11.5. The van der Waals surface area contributed by atoms with Gasteiger partial charge in [0.15, 0.2) is 0 Å². The minimum Gasteiger partial charge on any atom is -0.310 e. The third kappa shape index (κ3) is 4.66. The van der Waals surface area contributed by atoms with E-state index in [1.54, 1.807) is 0 Å². The number of benzene rings is 10. The molecule has 0 atom stereocenters. The summed E-state index contributed by atoms with van der Waals surface area (Å²) >= 11 is 0. The lowest BCUT2D eigenvalue weighted by Crippen LogP contribution is -2.26. The maximum Gasteiger partial charge on any atom is 0.0725 e. The van der Waals surface area contributed by atoms with Crippen LogP contribution in [0.25, 0.3) is 66.1 Å². The van der Waals surface area contributed by atoms with Crippen LogP contribution in [0.2, 0.25) is 0 Å². The van der Waals surface area contributed by atoms with Gasteiger partial charge >= 0.3 is 0 Å². The van der Waals surface area contributed by atoms with Gasteiger partial charge in [0, 0.05) is 22.5 Å². The van der Waals surface area contributed by atoms with Crippen molar-refractivity contribution in [2.24, 2.45) is 0 Å². The molecule has 0 saturated heterocycles. The zero-order chi connectivity index (χ0) is 40.5. The van der Waals surface area contributed by atoms with Gasteiger partial charge in [-0.2, -0.15) is 0 Å². The van der Waals surface area contributed by atoms with Gasteiger partial charge in [0.05, 0.1) is 5.41 Å². The molecule has 0 amide bonds. The molecule has 0 N–H and O–H groups in total. The van der Waals surface area contributed by atoms with Crippen molar-refractivity contribution in [3.05, 3.63) is 246 Å². The Hall–Kier alpha value is -7.48. The van der Waals surface area contributed by atoms with E-state index in [9.17, 15) is 0 Å². The van der Waals surface area contributed by atoms with Gasteiger partial charge < -0.3 is 4.90 Å². The molecule has 0 radical (unpaired) electrons. The van der Waals surface area contributed by atoms with Crippen LogP contribution in [0, 0.1) is 0 Å². The van der Waals surface area contributed by atoms with E-state index in [-0.39, 0.29) is 10.8 Å². The summed E-state index contributed by atoms with van der Waals surface area (Å²) in [5, 5.41) is 4.94. The SMILES string of the molecule is CC1(C)c2cc(-c3ccc(N(c4ccc5ccccc5c4)c4ccc5ccccc5c4)cc3)ccc2-c2c1ccc1c2-c2ccccc2C12c1ccccc1-c1ccccc12. The molecule has 0 unspecified atom stereocenters. The summed E-state index contributed by atoms with van der Waals surface area (Å²) in [6, 6.07) is 79.5. The van der Waals surface area contributed by atoms with Crippen molar-refractivity contribution >= 4 is 38.6 Å². The molecule has 3 aliphatic rings. The van der Waals surface area contributed by atoms with E-state index in [4.69, 9.17) is 0 Å². The predicted molar refractivity (Wildman–Crippen MR) is 255 cm³/mol. The van der Waals surface area contributed by atoms with Gasteiger partial charge in [-0.25, -0.2) is 0 Å². The third-order valence-electron chi connectivity index (χ3n) is 14.2. The number of fused-ring (bicyclic) bond motifs is 16. The van der Waals surface area contributed by atoms with Gasteiger partial charge in [0.1, 0.15) is 0 Å². The molecule has 3 aliphatic carbocycles. The molecule has 0 aliphatic heterocycles. The second-order valence-electron chi connectivity index (χ2n) is 17.6. The third-order valence-corrected chi connectivity index (χ3v) is 14.2. The quantitative estimate of drug-likeness (QED) is 0.172. The molecule has 1 nitrogen and oxygen atoms in total. The Morgan fingerprint density at radius 1 is 0.295 bits per heavy atom. The van der Waals surface area contributed by atoms with E-state index < -0.39 is 0 Å². The Labute approximate surface area is 356 Å². The lowest BCUT2D eigenvalue weighted by Gasteiger charge is -2.31. The Morgan fingerprint density at radius 2 is 0.738 bits per heavy atom. The lowest BCUT2D eigenvalue weighted by molar-refractivity contribution is 0.660. The van der Waals surface area contributed by atoms with Gasteiger partial charge in [-0.05, 0) is 142 Å². The maximum atomic E-state index is 2.47. The molecule has 10 aromatic rings. The van der Waals surface area contributed by atoms with Crippen molar-refractivity contribution in [2.45, 2.75) is 24.7 Å². The van der Waals surface area contributed by atoms with Crippen molar-refractivity contribution in [1.82, 2.24) is 0 Å². The molecule has 0 fully saturated rings. The summed E-state index contributed by atoms with van der Waals surface area (Å²) in [6.07, 6.45) is 0. The minimum absolute atomic E-state index is 0.172. The lowest BCUT2D eigenvalue weighted by atomic mass is 9.70. The number of hydrogen-bond acceptors (Lipinski definition) is 1. The average molecular weight is 776 g/mol. The number of hydrogen-bond donors (Lipinski definition) is 0. The van der Waals surface area contributed by atoms with E-state index in [2.05, 4.69) is 231 Å². The standard InChI is InChI=1S/C60H41N/c1-59(2)54-33-34-55-58(49-19-9-12-22-53(49)60(55)51-20-10-7-17-47(51)48-18-8-11-21-52(48)60)57(54)50-32-27-43(37-56(50)59)40-23-28-44(29-24-40)61(45-30-25-38-13-3-5-15-41(38)35-45)46-31-26-39-14-4-6-16-42(39)36-46/h3-37H,1-2H3. The van der Waals surface area contributed by atoms with Crippen LogP contribution in [-0.2, 0) is 10.8 Å². The van der Waals surface area contributed by atoms with Crippen LogP contribution in [-0.4, -0.2) is 0 Å². The zero-order valence-corrected chi connectivity index (χ0v) is 34.2. The highest BCUT2D eigenvalue weighted by Crippen LogP contribution is 2.66. The van der Waals surface area contributed by atoms with Crippen LogP contribution in [0.15, 0.2) is 212 Å². The van der Waals surface area contributed by atoms with E-state index >= 15 is 0 Å². The molecular formula is C60H41N. The molecular weight excluding hydrogens is 735 g/mol. The summed E-state index contributed by atoms with van der Waals surface area (Å²) in [5.41, 5.74) is 21.9. The number of nitrogens with zero attached hydrogens (tertiary/aromatic N) is 1. The smallest absolute Gasteiger partial charge is 0.0725 e. The fourth-order valence-corrected chi connectivity index (χ4v) is 11.5. The summed E-state index contributed by atoms with van der Waals surface area (Å²) in [7, 11) is 0. The van der Waals surface area contributed by atoms with E-state index in [1.165, 1.54) is 99.4 Å². The topological polar surface area (TPSA) is 3.24 Å². The molecule has 0 heterocycles. The summed E-state index contributed by atoms with van der Waals surface area (Å²) in [4.78, 5) is 2.39. The Bertz CT molecular complexity index is 3330. The fraction of sp³-hybridized carbons (Fsp3) is 0.0667. The van der Waals surface area contributed by atoms with Crippen molar-refractivity contribution in [2.75, 3.05) is 4.90 Å². The first-order chi connectivity index (χ1) is 30.0. The van der Waals surface area contributed by atoms with Crippen molar-refractivity contribution in [3.8, 4) is 44.5 Å². The Balaban J connectivity index is 0.937. The number of rotatable bonds is 4. The second kappa shape index (κ2) is 12.5. The highest BCUT2D eigenvalue weighted by Gasteiger charge is 2.53. The average Bonchev–Trinajstić information content (AvgIpc) is 3.87. The molecule has 0 bridgehead atoms. The van der Waals surface area contributed by atoms with E-state index in [0.717, 1.165) is 17.1 Å². The van der Waals surface area contributed by atoms with Crippen LogP contribution < -0.4 is 4.90 Å². The molecule has 13 rings (SSSR count). The molecule has 0 aromatic heterocycles. The first-order valence-electron chi connectivity index (χ1n) is 21.5. The Morgan fingerprint density at radius 3 is 1.34 bits per heavy atom. The van der Waals surface area contributed by atoms with Gasteiger partial charge in [0.2, 0.25) is 0 Å². The van der Waals surface area contributed by atoms with Crippen LogP contribution in [0.3, 0.4) is 0 Å². The van der Waals surface area contributed by atoms with E-state index in [0.29, 0.717) is 0 Å². The largest absolute Gasteiger partial charge is 0.310 e. The normalized spacial score (nSPS) is 14.3. The van der Waals surface area contributed by atoms with Crippen molar-refractivity contribution in [1.29, 1.82) is 0 Å². The first-order valence-corrected chi connectivity index (χ1v) is 21.5. The molecule has 61 heavy (non-hydrogen) atoms. The summed E-state index contributed by atoms with van der Waals surface area (Å²) in [6.45, 7) is 4.83.